The van der Waals surface area contributed by atoms with Crippen molar-refractivity contribution in [1.82, 2.24) is 15.1 Å². The zero-order valence-corrected chi connectivity index (χ0v) is 19.3. The summed E-state index contributed by atoms with van der Waals surface area (Å²) in [6.07, 6.45) is 5.04. The number of nitrogens with zero attached hydrogens (tertiary/aromatic N) is 3. The third kappa shape index (κ3) is 4.17. The van der Waals surface area contributed by atoms with Crippen molar-refractivity contribution in [3.05, 3.63) is 82.7 Å². The number of aromatic nitrogens is 2. The summed E-state index contributed by atoms with van der Waals surface area (Å²) >= 11 is 0. The van der Waals surface area contributed by atoms with Crippen molar-refractivity contribution in [2.75, 3.05) is 11.4 Å². The SMILES string of the molecule is Cc1cccc(N2C[C@H](C(=O)N[C@H]3CCCc4c3cnn4Cc3ccccc3)CC2=O)c1C. The van der Waals surface area contributed by atoms with Crippen LogP contribution in [0.1, 0.15) is 53.3 Å². The van der Waals surface area contributed by atoms with E-state index < -0.39 is 0 Å². The first kappa shape index (κ1) is 21.4. The Morgan fingerprint density at radius 3 is 2.76 bits per heavy atom. The molecule has 3 aromatic rings. The first-order chi connectivity index (χ1) is 16.0. The minimum Gasteiger partial charge on any atom is -0.349 e. The maximum atomic E-state index is 13.2. The summed E-state index contributed by atoms with van der Waals surface area (Å²) in [5.41, 5.74) is 6.68. The smallest absolute Gasteiger partial charge is 0.227 e. The summed E-state index contributed by atoms with van der Waals surface area (Å²) in [5, 5.41) is 7.87. The van der Waals surface area contributed by atoms with E-state index in [4.69, 9.17) is 0 Å². The van der Waals surface area contributed by atoms with Crippen LogP contribution in [0.25, 0.3) is 0 Å². The number of hydrogen-bond donors (Lipinski definition) is 1. The number of benzene rings is 2. The number of aryl methyl sites for hydroxylation is 1. The molecule has 1 fully saturated rings. The van der Waals surface area contributed by atoms with Gasteiger partial charge in [-0.25, -0.2) is 0 Å². The molecule has 2 amide bonds. The molecule has 6 heteroatoms. The lowest BCUT2D eigenvalue weighted by Gasteiger charge is -2.26. The van der Waals surface area contributed by atoms with Gasteiger partial charge in [0.15, 0.2) is 0 Å². The lowest BCUT2D eigenvalue weighted by Crippen LogP contribution is -2.37. The number of nitrogens with one attached hydrogen (secondary N) is 1. The molecule has 1 saturated heterocycles. The number of anilines is 1. The fourth-order valence-electron chi connectivity index (χ4n) is 5.09. The molecule has 1 aromatic heterocycles. The third-order valence-electron chi connectivity index (χ3n) is 7.12. The van der Waals surface area contributed by atoms with Crippen molar-refractivity contribution in [3.8, 4) is 0 Å². The number of fused-ring (bicyclic) bond motifs is 1. The number of rotatable bonds is 5. The summed E-state index contributed by atoms with van der Waals surface area (Å²) in [6, 6.07) is 16.2. The number of carbonyl (C=O) groups is 2. The van der Waals surface area contributed by atoms with E-state index >= 15 is 0 Å². The van der Waals surface area contributed by atoms with Crippen molar-refractivity contribution in [2.24, 2.45) is 5.92 Å². The maximum absolute atomic E-state index is 13.2. The minimum absolute atomic E-state index is 0.0175. The summed E-state index contributed by atoms with van der Waals surface area (Å²) in [4.78, 5) is 27.7. The highest BCUT2D eigenvalue weighted by atomic mass is 16.2. The Morgan fingerprint density at radius 1 is 1.12 bits per heavy atom. The standard InChI is InChI=1S/C27H30N4O2/c1-18-8-6-12-24(19(18)2)30-17-21(14-26(30)32)27(33)29-23-11-7-13-25-22(23)15-28-31(25)16-20-9-4-3-5-10-20/h3-6,8-10,12,15,21,23H,7,11,13-14,16-17H2,1-2H3,(H,29,33)/t21-,23+/m1/s1. The van der Waals surface area contributed by atoms with E-state index in [1.54, 1.807) is 4.90 Å². The van der Waals surface area contributed by atoms with Crippen LogP contribution in [0.15, 0.2) is 54.7 Å². The molecule has 2 aromatic carbocycles. The van der Waals surface area contributed by atoms with Crippen LogP contribution in [0.4, 0.5) is 5.69 Å². The van der Waals surface area contributed by atoms with Gasteiger partial charge in [-0.3, -0.25) is 14.3 Å². The van der Waals surface area contributed by atoms with Crippen molar-refractivity contribution in [1.29, 1.82) is 0 Å². The summed E-state index contributed by atoms with van der Waals surface area (Å²) in [7, 11) is 0. The Balaban J connectivity index is 1.29. The van der Waals surface area contributed by atoms with Gasteiger partial charge in [0.2, 0.25) is 11.8 Å². The minimum atomic E-state index is -0.331. The van der Waals surface area contributed by atoms with Gasteiger partial charge in [-0.1, -0.05) is 42.5 Å². The van der Waals surface area contributed by atoms with E-state index in [-0.39, 0.29) is 30.2 Å². The van der Waals surface area contributed by atoms with Crippen molar-refractivity contribution in [3.63, 3.8) is 0 Å². The largest absolute Gasteiger partial charge is 0.349 e. The van der Waals surface area contributed by atoms with Crippen LogP contribution in [-0.2, 0) is 22.6 Å². The summed E-state index contributed by atoms with van der Waals surface area (Å²) < 4.78 is 2.06. The second kappa shape index (κ2) is 8.85. The number of carbonyl (C=O) groups excluding carboxylic acids is 2. The van der Waals surface area contributed by atoms with Gasteiger partial charge in [0, 0.05) is 29.9 Å². The highest BCUT2D eigenvalue weighted by molar-refractivity contribution is 6.01. The average molecular weight is 443 g/mol. The molecule has 1 aliphatic carbocycles. The highest BCUT2D eigenvalue weighted by Crippen LogP contribution is 2.32. The molecular weight excluding hydrogens is 412 g/mol. The van der Waals surface area contributed by atoms with E-state index in [2.05, 4.69) is 27.2 Å². The van der Waals surface area contributed by atoms with Crippen LogP contribution in [0.3, 0.4) is 0 Å². The molecule has 0 saturated carbocycles. The number of amides is 2. The molecule has 0 radical (unpaired) electrons. The quantitative estimate of drug-likeness (QED) is 0.647. The van der Waals surface area contributed by atoms with Crippen LogP contribution < -0.4 is 10.2 Å². The maximum Gasteiger partial charge on any atom is 0.227 e. The van der Waals surface area contributed by atoms with Crippen LogP contribution >= 0.6 is 0 Å². The molecule has 0 bridgehead atoms. The Hall–Kier alpha value is -3.41. The van der Waals surface area contributed by atoms with E-state index in [1.807, 2.05) is 56.4 Å². The lowest BCUT2D eigenvalue weighted by atomic mass is 9.92. The Morgan fingerprint density at radius 2 is 1.94 bits per heavy atom. The summed E-state index contributed by atoms with van der Waals surface area (Å²) in [6.45, 7) is 5.24. The molecule has 0 spiro atoms. The van der Waals surface area contributed by atoms with Gasteiger partial charge in [0.25, 0.3) is 0 Å². The lowest BCUT2D eigenvalue weighted by molar-refractivity contribution is -0.127. The molecule has 2 aliphatic rings. The second-order valence-electron chi connectivity index (χ2n) is 9.27. The van der Waals surface area contributed by atoms with Gasteiger partial charge in [0.1, 0.15) is 0 Å². The van der Waals surface area contributed by atoms with Crippen LogP contribution in [-0.4, -0.2) is 28.1 Å². The summed E-state index contributed by atoms with van der Waals surface area (Å²) in [5.74, 6) is -0.351. The third-order valence-corrected chi connectivity index (χ3v) is 7.12. The molecule has 33 heavy (non-hydrogen) atoms. The van der Waals surface area contributed by atoms with E-state index in [0.29, 0.717) is 6.54 Å². The Bertz CT molecular complexity index is 1180. The fraction of sp³-hybridized carbons (Fsp3) is 0.370. The molecule has 0 unspecified atom stereocenters. The molecule has 1 aliphatic heterocycles. The predicted molar refractivity (Wildman–Crippen MR) is 128 cm³/mol. The number of hydrogen-bond acceptors (Lipinski definition) is 3. The second-order valence-corrected chi connectivity index (χ2v) is 9.27. The van der Waals surface area contributed by atoms with Crippen molar-refractivity contribution in [2.45, 2.75) is 52.1 Å². The van der Waals surface area contributed by atoms with Crippen LogP contribution in [0.5, 0.6) is 0 Å². The van der Waals surface area contributed by atoms with Gasteiger partial charge < -0.3 is 10.2 Å². The zero-order chi connectivity index (χ0) is 22.9. The predicted octanol–water partition coefficient (Wildman–Crippen LogP) is 4.09. The average Bonchev–Trinajstić information content (AvgIpc) is 3.41. The zero-order valence-electron chi connectivity index (χ0n) is 19.3. The Labute approximate surface area is 194 Å². The Kier molecular flexibility index (Phi) is 5.75. The topological polar surface area (TPSA) is 67.2 Å². The molecule has 2 heterocycles. The molecule has 2 atom stereocenters. The van der Waals surface area contributed by atoms with Gasteiger partial charge in [-0.05, 0) is 55.9 Å². The van der Waals surface area contributed by atoms with E-state index in [1.165, 1.54) is 11.3 Å². The van der Waals surface area contributed by atoms with Crippen molar-refractivity contribution < 1.29 is 9.59 Å². The molecule has 5 rings (SSSR count). The molecule has 170 valence electrons. The van der Waals surface area contributed by atoms with E-state index in [0.717, 1.165) is 48.2 Å². The van der Waals surface area contributed by atoms with Crippen LogP contribution in [0.2, 0.25) is 0 Å². The molecule has 1 N–H and O–H groups in total. The highest BCUT2D eigenvalue weighted by Gasteiger charge is 2.37. The first-order valence-corrected chi connectivity index (χ1v) is 11.8. The van der Waals surface area contributed by atoms with Gasteiger partial charge in [-0.2, -0.15) is 5.10 Å². The normalized spacial score (nSPS) is 20.1. The van der Waals surface area contributed by atoms with Gasteiger partial charge >= 0.3 is 0 Å². The monoisotopic (exact) mass is 442 g/mol. The molecule has 6 nitrogen and oxygen atoms in total. The van der Waals surface area contributed by atoms with Gasteiger partial charge in [-0.15, -0.1) is 0 Å². The first-order valence-electron chi connectivity index (χ1n) is 11.8. The van der Waals surface area contributed by atoms with E-state index in [9.17, 15) is 9.59 Å². The van der Waals surface area contributed by atoms with Crippen molar-refractivity contribution >= 4 is 17.5 Å². The van der Waals surface area contributed by atoms with Gasteiger partial charge in [0.05, 0.1) is 24.7 Å². The molecular formula is C27H30N4O2. The van der Waals surface area contributed by atoms with Crippen LogP contribution in [0, 0.1) is 19.8 Å². The fourth-order valence-corrected chi connectivity index (χ4v) is 5.09.